The summed E-state index contributed by atoms with van der Waals surface area (Å²) in [5.41, 5.74) is 5.28. The van der Waals surface area contributed by atoms with Crippen LogP contribution in [0.3, 0.4) is 0 Å². The van der Waals surface area contributed by atoms with E-state index >= 15 is 0 Å². The number of pyridine rings is 1. The predicted octanol–water partition coefficient (Wildman–Crippen LogP) is 4.91. The maximum atomic E-state index is 10.5. The van der Waals surface area contributed by atoms with Crippen LogP contribution in [-0.4, -0.2) is 29.7 Å². The highest BCUT2D eigenvalue weighted by Crippen LogP contribution is 2.54. The number of ether oxygens (including phenoxy) is 1. The molecule has 5 heteroatoms. The number of nitrogens with one attached hydrogen (secondary N) is 1. The van der Waals surface area contributed by atoms with Crippen LogP contribution in [0.15, 0.2) is 67.0 Å². The monoisotopic (exact) mass is 402 g/mol. The number of aromatic carboxylic acids is 1. The Kier molecular flexibility index (Phi) is 5.70. The van der Waals surface area contributed by atoms with Gasteiger partial charge in [0.25, 0.3) is 0 Å². The molecule has 0 bridgehead atoms. The summed E-state index contributed by atoms with van der Waals surface area (Å²) in [6.45, 7) is 0.870. The van der Waals surface area contributed by atoms with E-state index in [2.05, 4.69) is 58.8 Å². The first kappa shape index (κ1) is 20.0. The van der Waals surface area contributed by atoms with E-state index in [0.29, 0.717) is 5.69 Å². The molecule has 2 aromatic carbocycles. The van der Waals surface area contributed by atoms with Gasteiger partial charge in [0.2, 0.25) is 0 Å². The highest BCUT2D eigenvalue weighted by Gasteiger charge is 2.45. The molecule has 5 nitrogen and oxygen atoms in total. The van der Waals surface area contributed by atoms with Crippen molar-refractivity contribution in [3.63, 3.8) is 0 Å². The minimum Gasteiger partial charge on any atom is -0.493 e. The van der Waals surface area contributed by atoms with Gasteiger partial charge in [-0.1, -0.05) is 42.5 Å². The second-order valence-corrected chi connectivity index (χ2v) is 7.70. The molecule has 0 amide bonds. The first-order valence-electron chi connectivity index (χ1n) is 10.3. The third-order valence-electron chi connectivity index (χ3n) is 5.86. The van der Waals surface area contributed by atoms with E-state index in [9.17, 15) is 4.79 Å². The highest BCUT2D eigenvalue weighted by molar-refractivity contribution is 5.93. The number of hydrogen-bond donors (Lipinski definition) is 2. The second-order valence-electron chi connectivity index (χ2n) is 7.70. The standard InChI is InChI=1S/C18H18O.C7H8N2O2/c1-2-6-15(7-3-1)18(10-11-18)16-9-8-14-5-4-12-19-17(14)13-16;1-8-6-4-9-3-2-5(6)7(10)11/h1-3,6-9,13H,4-5,10-12H2;2-4,8H,1H3,(H,10,11). The van der Waals surface area contributed by atoms with E-state index in [1.54, 1.807) is 7.05 Å². The van der Waals surface area contributed by atoms with Gasteiger partial charge in [0, 0.05) is 18.7 Å². The summed E-state index contributed by atoms with van der Waals surface area (Å²) in [5.74, 6) is 0.169. The average Bonchev–Trinajstić information content (AvgIpc) is 3.62. The molecule has 2 aliphatic rings. The Balaban J connectivity index is 0.000000170. The quantitative estimate of drug-likeness (QED) is 0.649. The SMILES string of the molecule is CNc1cnccc1C(=O)O.c1ccc(C2(c3ccc4c(c3)OCCC4)CC2)cc1. The van der Waals surface area contributed by atoms with Crippen LogP contribution in [0.5, 0.6) is 5.75 Å². The van der Waals surface area contributed by atoms with Crippen molar-refractivity contribution in [2.45, 2.75) is 31.1 Å². The molecule has 0 unspecified atom stereocenters. The van der Waals surface area contributed by atoms with E-state index in [1.165, 1.54) is 48.0 Å². The Morgan fingerprint density at radius 3 is 2.57 bits per heavy atom. The average molecular weight is 402 g/mol. The highest BCUT2D eigenvalue weighted by atomic mass is 16.5. The number of carboxylic acids is 1. The van der Waals surface area contributed by atoms with Crippen molar-refractivity contribution < 1.29 is 14.6 Å². The fraction of sp³-hybridized carbons (Fsp3) is 0.280. The lowest BCUT2D eigenvalue weighted by molar-refractivity contribution is 0.0698. The molecule has 2 heterocycles. The molecule has 1 saturated carbocycles. The zero-order chi connectivity index (χ0) is 21.0. The maximum Gasteiger partial charge on any atom is 0.337 e. The molecule has 154 valence electrons. The van der Waals surface area contributed by atoms with Crippen LogP contribution >= 0.6 is 0 Å². The number of hydrogen-bond acceptors (Lipinski definition) is 4. The smallest absolute Gasteiger partial charge is 0.337 e. The fourth-order valence-electron chi connectivity index (χ4n) is 4.04. The summed E-state index contributed by atoms with van der Waals surface area (Å²) in [4.78, 5) is 14.3. The van der Waals surface area contributed by atoms with Crippen molar-refractivity contribution in [3.05, 3.63) is 89.2 Å². The van der Waals surface area contributed by atoms with Crippen molar-refractivity contribution >= 4 is 11.7 Å². The number of benzene rings is 2. The molecular weight excluding hydrogens is 376 g/mol. The number of carboxylic acid groups (broad SMARTS) is 1. The van der Waals surface area contributed by atoms with E-state index < -0.39 is 5.97 Å². The molecular formula is C25H26N2O3. The molecule has 1 aliphatic carbocycles. The van der Waals surface area contributed by atoms with Gasteiger partial charge in [-0.05, 0) is 54.5 Å². The summed E-state index contributed by atoms with van der Waals surface area (Å²) in [6, 6.07) is 19.2. The topological polar surface area (TPSA) is 71.5 Å². The number of aromatic nitrogens is 1. The van der Waals surface area contributed by atoms with Crippen LogP contribution in [0, 0.1) is 0 Å². The summed E-state index contributed by atoms with van der Waals surface area (Å²) in [7, 11) is 1.66. The Bertz CT molecular complexity index is 1030. The Hall–Kier alpha value is -3.34. The van der Waals surface area contributed by atoms with E-state index in [4.69, 9.17) is 9.84 Å². The van der Waals surface area contributed by atoms with Gasteiger partial charge in [0.15, 0.2) is 0 Å². The van der Waals surface area contributed by atoms with Gasteiger partial charge in [-0.2, -0.15) is 0 Å². The van der Waals surface area contributed by atoms with Crippen molar-refractivity contribution in [2.24, 2.45) is 0 Å². The van der Waals surface area contributed by atoms with E-state index in [0.717, 1.165) is 25.2 Å². The molecule has 2 N–H and O–H groups in total. The lowest BCUT2D eigenvalue weighted by atomic mass is 9.87. The largest absolute Gasteiger partial charge is 0.493 e. The van der Waals surface area contributed by atoms with E-state index in [1.807, 2.05) is 0 Å². The molecule has 5 rings (SSSR count). The minimum absolute atomic E-state index is 0.238. The molecule has 1 aromatic heterocycles. The van der Waals surface area contributed by atoms with Crippen LogP contribution in [0.2, 0.25) is 0 Å². The van der Waals surface area contributed by atoms with Crippen LogP contribution in [0.25, 0.3) is 0 Å². The number of carbonyl (C=O) groups is 1. The normalized spacial score (nSPS) is 15.6. The number of rotatable bonds is 4. The van der Waals surface area contributed by atoms with Gasteiger partial charge in [-0.15, -0.1) is 0 Å². The van der Waals surface area contributed by atoms with Gasteiger partial charge in [0.1, 0.15) is 5.75 Å². The molecule has 1 aliphatic heterocycles. The minimum atomic E-state index is -0.947. The molecule has 0 radical (unpaired) electrons. The second kappa shape index (κ2) is 8.57. The Morgan fingerprint density at radius 1 is 1.10 bits per heavy atom. The lowest BCUT2D eigenvalue weighted by Crippen LogP contribution is -2.12. The molecule has 1 fully saturated rings. The van der Waals surface area contributed by atoms with Gasteiger partial charge < -0.3 is 15.2 Å². The molecule has 30 heavy (non-hydrogen) atoms. The third-order valence-corrected chi connectivity index (χ3v) is 5.86. The van der Waals surface area contributed by atoms with Gasteiger partial charge >= 0.3 is 5.97 Å². The van der Waals surface area contributed by atoms with Crippen LogP contribution < -0.4 is 10.1 Å². The zero-order valence-electron chi connectivity index (χ0n) is 17.1. The summed E-state index contributed by atoms with van der Waals surface area (Å²) < 4.78 is 5.82. The summed E-state index contributed by atoms with van der Waals surface area (Å²) in [5, 5.41) is 11.4. The van der Waals surface area contributed by atoms with Crippen LogP contribution in [0.1, 0.15) is 46.3 Å². The van der Waals surface area contributed by atoms with Crippen molar-refractivity contribution in [1.82, 2.24) is 4.98 Å². The van der Waals surface area contributed by atoms with Gasteiger partial charge in [0.05, 0.1) is 24.1 Å². The molecule has 0 saturated heterocycles. The zero-order valence-corrected chi connectivity index (χ0v) is 17.1. The molecule has 3 aromatic rings. The van der Waals surface area contributed by atoms with E-state index in [-0.39, 0.29) is 11.0 Å². The summed E-state index contributed by atoms with van der Waals surface area (Å²) >= 11 is 0. The van der Waals surface area contributed by atoms with Gasteiger partial charge in [-0.25, -0.2) is 4.79 Å². The lowest BCUT2D eigenvalue weighted by Gasteiger charge is -2.22. The molecule has 0 atom stereocenters. The predicted molar refractivity (Wildman–Crippen MR) is 117 cm³/mol. The van der Waals surface area contributed by atoms with Gasteiger partial charge in [-0.3, -0.25) is 4.98 Å². The van der Waals surface area contributed by atoms with Crippen molar-refractivity contribution in [2.75, 3.05) is 19.0 Å². The number of anilines is 1. The van der Waals surface area contributed by atoms with Crippen molar-refractivity contribution in [1.29, 1.82) is 0 Å². The Morgan fingerprint density at radius 2 is 1.90 bits per heavy atom. The third kappa shape index (κ3) is 4.01. The van der Waals surface area contributed by atoms with Crippen molar-refractivity contribution in [3.8, 4) is 5.75 Å². The number of fused-ring (bicyclic) bond motifs is 1. The number of nitrogens with zero attached hydrogens (tertiary/aromatic N) is 1. The van der Waals surface area contributed by atoms with Crippen LogP contribution in [-0.2, 0) is 11.8 Å². The summed E-state index contributed by atoms with van der Waals surface area (Å²) in [6.07, 6.45) is 7.75. The first-order valence-corrected chi connectivity index (χ1v) is 10.3. The first-order chi connectivity index (χ1) is 14.6. The molecule has 0 spiro atoms. The van der Waals surface area contributed by atoms with Crippen LogP contribution in [0.4, 0.5) is 5.69 Å². The maximum absolute atomic E-state index is 10.5. The number of aryl methyl sites for hydroxylation is 1. The fourth-order valence-corrected chi connectivity index (χ4v) is 4.04. The Labute approximate surface area is 176 Å².